The van der Waals surface area contributed by atoms with Crippen molar-refractivity contribution in [3.63, 3.8) is 0 Å². The van der Waals surface area contributed by atoms with E-state index in [1.165, 1.54) is 11.1 Å². The molecule has 0 saturated carbocycles. The molecular formula is C26H25N3O3. The van der Waals surface area contributed by atoms with Crippen LogP contribution in [0.15, 0.2) is 71.1 Å². The van der Waals surface area contributed by atoms with Crippen LogP contribution in [-0.2, 0) is 0 Å². The minimum atomic E-state index is -0.161. The van der Waals surface area contributed by atoms with Crippen LogP contribution in [-0.4, -0.2) is 29.3 Å². The molecule has 0 aliphatic rings. The maximum absolute atomic E-state index is 12.4. The van der Waals surface area contributed by atoms with E-state index in [4.69, 9.17) is 9.15 Å². The van der Waals surface area contributed by atoms with Gasteiger partial charge in [-0.25, -0.2) is 0 Å². The van der Waals surface area contributed by atoms with Crippen LogP contribution in [0.5, 0.6) is 5.75 Å². The number of aryl methyl sites for hydroxylation is 3. The maximum atomic E-state index is 12.4. The topological polar surface area (TPSA) is 77.2 Å². The smallest absolute Gasteiger partial charge is 0.251 e. The van der Waals surface area contributed by atoms with Crippen molar-refractivity contribution < 1.29 is 13.9 Å². The number of carbonyl (C=O) groups excluding carboxylic acids is 1. The third kappa shape index (κ3) is 5.03. The summed E-state index contributed by atoms with van der Waals surface area (Å²) < 4.78 is 11.6. The molecular weight excluding hydrogens is 402 g/mol. The number of benzene rings is 3. The van der Waals surface area contributed by atoms with E-state index in [1.54, 1.807) is 24.3 Å². The summed E-state index contributed by atoms with van der Waals surface area (Å²) in [4.78, 5) is 12.4. The molecule has 0 bridgehead atoms. The zero-order valence-electron chi connectivity index (χ0n) is 18.4. The molecule has 0 atom stereocenters. The Kier molecular flexibility index (Phi) is 6.31. The summed E-state index contributed by atoms with van der Waals surface area (Å²) in [6.45, 7) is 6.90. The average Bonchev–Trinajstić information content (AvgIpc) is 3.28. The minimum absolute atomic E-state index is 0.161. The Morgan fingerprint density at radius 2 is 1.44 bits per heavy atom. The summed E-state index contributed by atoms with van der Waals surface area (Å²) in [5.41, 5.74) is 5.62. The molecule has 6 nitrogen and oxygen atoms in total. The molecule has 0 radical (unpaired) electrons. The Morgan fingerprint density at radius 3 is 2.06 bits per heavy atom. The number of aromatic nitrogens is 2. The van der Waals surface area contributed by atoms with Crippen LogP contribution in [0, 0.1) is 20.8 Å². The lowest BCUT2D eigenvalue weighted by molar-refractivity contribution is 0.0947. The van der Waals surface area contributed by atoms with E-state index in [1.807, 2.05) is 57.2 Å². The van der Waals surface area contributed by atoms with Gasteiger partial charge in [0.1, 0.15) is 12.4 Å². The van der Waals surface area contributed by atoms with Gasteiger partial charge >= 0.3 is 0 Å². The van der Waals surface area contributed by atoms with Gasteiger partial charge in [-0.15, -0.1) is 10.2 Å². The molecule has 1 aromatic heterocycles. The van der Waals surface area contributed by atoms with Crippen molar-refractivity contribution in [2.45, 2.75) is 20.8 Å². The second-order valence-corrected chi connectivity index (χ2v) is 7.73. The van der Waals surface area contributed by atoms with Gasteiger partial charge in [0.15, 0.2) is 0 Å². The normalized spacial score (nSPS) is 10.7. The Balaban J connectivity index is 1.32. The summed E-state index contributed by atoms with van der Waals surface area (Å²) in [7, 11) is 0. The van der Waals surface area contributed by atoms with E-state index in [9.17, 15) is 4.79 Å². The van der Waals surface area contributed by atoms with Crippen LogP contribution in [0.3, 0.4) is 0 Å². The summed E-state index contributed by atoms with van der Waals surface area (Å²) in [5, 5.41) is 11.1. The van der Waals surface area contributed by atoms with Gasteiger partial charge in [0.2, 0.25) is 11.8 Å². The predicted molar refractivity (Wildman–Crippen MR) is 124 cm³/mol. The summed E-state index contributed by atoms with van der Waals surface area (Å²) >= 11 is 0. The second kappa shape index (κ2) is 9.47. The highest BCUT2D eigenvalue weighted by Crippen LogP contribution is 2.24. The third-order valence-electron chi connectivity index (χ3n) is 5.09. The Bertz CT molecular complexity index is 1210. The summed E-state index contributed by atoms with van der Waals surface area (Å²) in [6.07, 6.45) is 0. The molecule has 4 aromatic rings. The first kappa shape index (κ1) is 21.3. The largest absolute Gasteiger partial charge is 0.491 e. The molecule has 4 rings (SSSR count). The van der Waals surface area contributed by atoms with Crippen LogP contribution in [0.4, 0.5) is 0 Å². The Labute approximate surface area is 187 Å². The van der Waals surface area contributed by atoms with Crippen LogP contribution >= 0.6 is 0 Å². The number of carbonyl (C=O) groups is 1. The number of rotatable bonds is 7. The fourth-order valence-corrected chi connectivity index (χ4v) is 3.31. The van der Waals surface area contributed by atoms with Crippen molar-refractivity contribution in [2.24, 2.45) is 0 Å². The van der Waals surface area contributed by atoms with E-state index in [0.717, 1.165) is 22.4 Å². The number of nitrogens with one attached hydrogen (secondary N) is 1. The molecule has 0 unspecified atom stereocenters. The van der Waals surface area contributed by atoms with Gasteiger partial charge in [0.25, 0.3) is 5.91 Å². The zero-order chi connectivity index (χ0) is 22.5. The average molecular weight is 428 g/mol. The van der Waals surface area contributed by atoms with Gasteiger partial charge in [0, 0.05) is 16.7 Å². The molecule has 1 N–H and O–H groups in total. The highest BCUT2D eigenvalue weighted by molar-refractivity contribution is 5.94. The van der Waals surface area contributed by atoms with Gasteiger partial charge in [-0.2, -0.15) is 0 Å². The molecule has 1 amide bonds. The SMILES string of the molecule is Cc1ccc(-c2nnc(-c3ccc(C(=O)NCCOc4ccc(C)cc4C)cc3)o2)cc1. The van der Waals surface area contributed by atoms with Crippen molar-refractivity contribution >= 4 is 5.91 Å². The lowest BCUT2D eigenvalue weighted by atomic mass is 10.1. The van der Waals surface area contributed by atoms with Crippen LogP contribution in [0.1, 0.15) is 27.0 Å². The fourth-order valence-electron chi connectivity index (χ4n) is 3.31. The molecule has 32 heavy (non-hydrogen) atoms. The maximum Gasteiger partial charge on any atom is 0.251 e. The monoisotopic (exact) mass is 427 g/mol. The fraction of sp³-hybridized carbons (Fsp3) is 0.192. The zero-order valence-corrected chi connectivity index (χ0v) is 18.4. The quantitative estimate of drug-likeness (QED) is 0.413. The lowest BCUT2D eigenvalue weighted by Gasteiger charge is -2.10. The van der Waals surface area contributed by atoms with Crippen LogP contribution in [0.25, 0.3) is 22.9 Å². The van der Waals surface area contributed by atoms with Crippen molar-refractivity contribution in [3.05, 3.63) is 89.0 Å². The van der Waals surface area contributed by atoms with E-state index in [2.05, 4.69) is 21.6 Å². The standard InChI is InChI=1S/C26H25N3O3/c1-17-4-7-21(8-5-17)25-28-29-26(32-25)22-11-9-20(10-12-22)24(30)27-14-15-31-23-13-6-18(2)16-19(23)3/h4-13,16H,14-15H2,1-3H3,(H,27,30). The first-order valence-corrected chi connectivity index (χ1v) is 10.5. The van der Waals surface area contributed by atoms with Crippen molar-refractivity contribution in [2.75, 3.05) is 13.2 Å². The minimum Gasteiger partial charge on any atom is -0.491 e. The van der Waals surface area contributed by atoms with E-state index < -0.39 is 0 Å². The number of hydrogen-bond donors (Lipinski definition) is 1. The molecule has 0 aliphatic carbocycles. The highest BCUT2D eigenvalue weighted by atomic mass is 16.5. The van der Waals surface area contributed by atoms with E-state index in [-0.39, 0.29) is 5.91 Å². The molecule has 162 valence electrons. The summed E-state index contributed by atoms with van der Waals surface area (Å²) in [5.74, 6) is 1.55. The number of amides is 1. The second-order valence-electron chi connectivity index (χ2n) is 7.73. The van der Waals surface area contributed by atoms with Crippen molar-refractivity contribution in [3.8, 4) is 28.7 Å². The predicted octanol–water partition coefficient (Wildman–Crippen LogP) is 5.14. The van der Waals surface area contributed by atoms with Gasteiger partial charge in [0.05, 0.1) is 6.54 Å². The molecule has 1 heterocycles. The molecule has 0 fully saturated rings. The van der Waals surface area contributed by atoms with Gasteiger partial charge in [-0.1, -0.05) is 35.4 Å². The number of hydrogen-bond acceptors (Lipinski definition) is 5. The van der Waals surface area contributed by atoms with E-state index >= 15 is 0 Å². The Hall–Kier alpha value is -3.93. The molecule has 0 spiro atoms. The first-order valence-electron chi connectivity index (χ1n) is 10.5. The van der Waals surface area contributed by atoms with Crippen molar-refractivity contribution in [1.29, 1.82) is 0 Å². The first-order chi connectivity index (χ1) is 15.5. The van der Waals surface area contributed by atoms with Gasteiger partial charge < -0.3 is 14.5 Å². The van der Waals surface area contributed by atoms with Crippen molar-refractivity contribution in [1.82, 2.24) is 15.5 Å². The van der Waals surface area contributed by atoms with Gasteiger partial charge in [-0.05, 0) is 68.8 Å². The number of ether oxygens (including phenoxy) is 1. The molecule has 6 heteroatoms. The van der Waals surface area contributed by atoms with E-state index in [0.29, 0.717) is 30.5 Å². The Morgan fingerprint density at radius 1 is 0.844 bits per heavy atom. The number of nitrogens with zero attached hydrogens (tertiary/aromatic N) is 2. The lowest BCUT2D eigenvalue weighted by Crippen LogP contribution is -2.28. The van der Waals surface area contributed by atoms with Crippen LogP contribution < -0.4 is 10.1 Å². The molecule has 0 saturated heterocycles. The molecule has 3 aromatic carbocycles. The van der Waals surface area contributed by atoms with Gasteiger partial charge in [-0.3, -0.25) is 4.79 Å². The highest BCUT2D eigenvalue weighted by Gasteiger charge is 2.12. The molecule has 0 aliphatic heterocycles. The summed E-state index contributed by atoms with van der Waals surface area (Å²) in [6, 6.07) is 21.0. The third-order valence-corrected chi connectivity index (χ3v) is 5.09. The van der Waals surface area contributed by atoms with Crippen LogP contribution in [0.2, 0.25) is 0 Å².